The van der Waals surface area contributed by atoms with Gasteiger partial charge in [0.05, 0.1) is 0 Å². The monoisotopic (exact) mass is 195 g/mol. The lowest BCUT2D eigenvalue weighted by atomic mass is 9.93. The van der Waals surface area contributed by atoms with Crippen LogP contribution in [0.15, 0.2) is 24.3 Å². The van der Waals surface area contributed by atoms with Gasteiger partial charge in [0.2, 0.25) is 0 Å². The van der Waals surface area contributed by atoms with E-state index in [4.69, 9.17) is 5.73 Å². The summed E-state index contributed by atoms with van der Waals surface area (Å²) in [6, 6.07) is 7.59. The van der Waals surface area contributed by atoms with Gasteiger partial charge in [-0.1, -0.05) is 31.2 Å². The van der Waals surface area contributed by atoms with Gasteiger partial charge in [-0.2, -0.15) is 0 Å². The molecule has 0 aliphatic carbocycles. The van der Waals surface area contributed by atoms with Crippen molar-refractivity contribution in [3.63, 3.8) is 0 Å². The maximum atomic E-state index is 13.6. The van der Waals surface area contributed by atoms with Crippen molar-refractivity contribution in [2.75, 3.05) is 6.54 Å². The summed E-state index contributed by atoms with van der Waals surface area (Å²) in [5.74, 6) is 0.289. The Labute approximate surface area is 85.1 Å². The van der Waals surface area contributed by atoms with Crippen molar-refractivity contribution < 1.29 is 4.39 Å². The van der Waals surface area contributed by atoms with Crippen LogP contribution < -0.4 is 5.73 Å². The molecule has 0 spiro atoms. The molecule has 1 rings (SSSR count). The van der Waals surface area contributed by atoms with Crippen molar-refractivity contribution >= 4 is 0 Å². The highest BCUT2D eigenvalue weighted by molar-refractivity contribution is 5.29. The molecule has 1 nitrogen and oxygen atoms in total. The first kappa shape index (κ1) is 11.2. The average Bonchev–Trinajstić information content (AvgIpc) is 2.15. The van der Waals surface area contributed by atoms with Crippen LogP contribution in [0.25, 0.3) is 0 Å². The molecule has 1 aromatic rings. The molecule has 14 heavy (non-hydrogen) atoms. The van der Waals surface area contributed by atoms with Gasteiger partial charge in [0.1, 0.15) is 5.67 Å². The Morgan fingerprint density at radius 3 is 2.57 bits per heavy atom. The minimum atomic E-state index is -1.27. The third-order valence-electron chi connectivity index (χ3n) is 2.50. The molecule has 0 bridgehead atoms. The van der Waals surface area contributed by atoms with E-state index in [9.17, 15) is 4.39 Å². The molecular weight excluding hydrogens is 177 g/mol. The van der Waals surface area contributed by atoms with Gasteiger partial charge in [-0.25, -0.2) is 4.39 Å². The molecule has 78 valence electrons. The lowest BCUT2D eigenvalue weighted by Crippen LogP contribution is -2.12. The van der Waals surface area contributed by atoms with Crippen LogP contribution in [0.1, 0.15) is 37.8 Å². The van der Waals surface area contributed by atoms with Crippen LogP contribution in [-0.4, -0.2) is 6.54 Å². The molecular formula is C12H18FN. The molecule has 0 heterocycles. The zero-order valence-electron chi connectivity index (χ0n) is 9.05. The fourth-order valence-electron chi connectivity index (χ4n) is 1.35. The van der Waals surface area contributed by atoms with Gasteiger partial charge in [-0.3, -0.25) is 0 Å². The third kappa shape index (κ3) is 2.55. The van der Waals surface area contributed by atoms with E-state index in [1.807, 2.05) is 31.2 Å². The SMILES string of the molecule is CC(CN)c1cccc(C(C)(C)F)c1. The van der Waals surface area contributed by atoms with E-state index in [0.717, 1.165) is 11.1 Å². The van der Waals surface area contributed by atoms with Gasteiger partial charge in [-0.15, -0.1) is 0 Å². The second-order valence-corrected chi connectivity index (χ2v) is 4.23. The van der Waals surface area contributed by atoms with Gasteiger partial charge >= 0.3 is 0 Å². The molecule has 0 aliphatic rings. The molecule has 2 heteroatoms. The summed E-state index contributed by atoms with van der Waals surface area (Å²) in [6.07, 6.45) is 0. The molecule has 0 saturated carbocycles. The second-order valence-electron chi connectivity index (χ2n) is 4.23. The van der Waals surface area contributed by atoms with E-state index in [2.05, 4.69) is 0 Å². The number of hydrogen-bond donors (Lipinski definition) is 1. The first-order valence-electron chi connectivity index (χ1n) is 4.94. The molecule has 2 N–H and O–H groups in total. The summed E-state index contributed by atoms with van der Waals surface area (Å²) in [7, 11) is 0. The molecule has 0 radical (unpaired) electrons. The number of alkyl halides is 1. The van der Waals surface area contributed by atoms with Gasteiger partial charge in [0.25, 0.3) is 0 Å². The maximum absolute atomic E-state index is 13.6. The number of rotatable bonds is 3. The summed E-state index contributed by atoms with van der Waals surface area (Å²) >= 11 is 0. The normalized spacial score (nSPS) is 14.1. The number of benzene rings is 1. The fourth-order valence-corrected chi connectivity index (χ4v) is 1.35. The Bertz CT molecular complexity index is 301. The van der Waals surface area contributed by atoms with E-state index in [-0.39, 0.29) is 5.92 Å². The molecule has 0 saturated heterocycles. The smallest absolute Gasteiger partial charge is 0.130 e. The molecule has 0 fully saturated rings. The van der Waals surface area contributed by atoms with Gasteiger partial charge < -0.3 is 5.73 Å². The largest absolute Gasteiger partial charge is 0.330 e. The summed E-state index contributed by atoms with van der Waals surface area (Å²) in [4.78, 5) is 0. The molecule has 0 aliphatic heterocycles. The Morgan fingerprint density at radius 2 is 2.07 bits per heavy atom. The standard InChI is InChI=1S/C12H18FN/c1-9(8-14)10-5-4-6-11(7-10)12(2,3)13/h4-7,9H,8,14H2,1-3H3. The van der Waals surface area contributed by atoms with Crippen LogP contribution in [-0.2, 0) is 5.67 Å². The minimum Gasteiger partial charge on any atom is -0.330 e. The lowest BCUT2D eigenvalue weighted by molar-refractivity contribution is 0.221. The van der Waals surface area contributed by atoms with Crippen LogP contribution >= 0.6 is 0 Å². The van der Waals surface area contributed by atoms with Crippen LogP contribution in [0, 0.1) is 0 Å². The van der Waals surface area contributed by atoms with Gasteiger partial charge in [0, 0.05) is 0 Å². The highest BCUT2D eigenvalue weighted by atomic mass is 19.1. The highest BCUT2D eigenvalue weighted by Crippen LogP contribution is 2.26. The quantitative estimate of drug-likeness (QED) is 0.788. The van der Waals surface area contributed by atoms with Crippen molar-refractivity contribution in [3.05, 3.63) is 35.4 Å². The summed E-state index contributed by atoms with van der Waals surface area (Å²) in [6.45, 7) is 5.78. The fraction of sp³-hybridized carbons (Fsp3) is 0.500. The van der Waals surface area contributed by atoms with E-state index in [0.29, 0.717) is 6.54 Å². The zero-order chi connectivity index (χ0) is 10.8. The Balaban J connectivity index is 3.01. The zero-order valence-corrected chi connectivity index (χ0v) is 9.05. The molecule has 0 amide bonds. The van der Waals surface area contributed by atoms with E-state index in [1.165, 1.54) is 0 Å². The van der Waals surface area contributed by atoms with Crippen molar-refractivity contribution in [2.24, 2.45) is 5.73 Å². The third-order valence-corrected chi connectivity index (χ3v) is 2.50. The van der Waals surface area contributed by atoms with Crippen LogP contribution in [0.2, 0.25) is 0 Å². The Morgan fingerprint density at radius 1 is 1.43 bits per heavy atom. The van der Waals surface area contributed by atoms with E-state index in [1.54, 1.807) is 13.8 Å². The summed E-state index contributed by atoms with van der Waals surface area (Å²) in [5, 5.41) is 0. The van der Waals surface area contributed by atoms with Crippen molar-refractivity contribution in [1.82, 2.24) is 0 Å². The first-order chi connectivity index (χ1) is 6.45. The van der Waals surface area contributed by atoms with Crippen LogP contribution in [0.3, 0.4) is 0 Å². The highest BCUT2D eigenvalue weighted by Gasteiger charge is 2.19. The summed E-state index contributed by atoms with van der Waals surface area (Å²) in [5.41, 5.74) is 6.12. The van der Waals surface area contributed by atoms with Crippen molar-refractivity contribution in [2.45, 2.75) is 32.4 Å². The molecule has 1 unspecified atom stereocenters. The number of nitrogens with two attached hydrogens (primary N) is 1. The van der Waals surface area contributed by atoms with E-state index < -0.39 is 5.67 Å². The van der Waals surface area contributed by atoms with Gasteiger partial charge in [0.15, 0.2) is 0 Å². The first-order valence-corrected chi connectivity index (χ1v) is 4.94. The van der Waals surface area contributed by atoms with Crippen LogP contribution in [0.4, 0.5) is 4.39 Å². The predicted octanol–water partition coefficient (Wildman–Crippen LogP) is 2.95. The minimum absolute atomic E-state index is 0.289. The van der Waals surface area contributed by atoms with Crippen molar-refractivity contribution in [1.29, 1.82) is 0 Å². The second kappa shape index (κ2) is 4.09. The van der Waals surface area contributed by atoms with Crippen LogP contribution in [0.5, 0.6) is 0 Å². The molecule has 1 aromatic carbocycles. The topological polar surface area (TPSA) is 26.0 Å². The predicted molar refractivity (Wildman–Crippen MR) is 58.0 cm³/mol. The Hall–Kier alpha value is -0.890. The molecule has 1 atom stereocenters. The maximum Gasteiger partial charge on any atom is 0.130 e. The summed E-state index contributed by atoms with van der Waals surface area (Å²) < 4.78 is 13.6. The lowest BCUT2D eigenvalue weighted by Gasteiger charge is -2.17. The van der Waals surface area contributed by atoms with Crippen molar-refractivity contribution in [3.8, 4) is 0 Å². The van der Waals surface area contributed by atoms with E-state index >= 15 is 0 Å². The van der Waals surface area contributed by atoms with Gasteiger partial charge in [-0.05, 0) is 37.4 Å². The Kier molecular flexibility index (Phi) is 3.27. The number of halogens is 1. The average molecular weight is 195 g/mol. The number of hydrogen-bond acceptors (Lipinski definition) is 1. The molecule has 0 aromatic heterocycles.